The standard InChI is InChI=1S/C61H45N5/c1-61(2)53-33-31-45(44-23-16-26-49(37-44)60-62-55-29-12-13-30-56(55)66(60)50-27-10-5-11-28-50)38-51(53)52-39-48(32-34-54(52)61)59-64-57(46-24-14-21-42(35-46)40-17-6-3-7-18-40)63-58(65-59)47-25-15-22-43(36-47)41-19-8-4-9-20-41/h3-39,59H,1-2H3,(H,63,64,65). The van der Waals surface area contributed by atoms with Crippen molar-refractivity contribution in [1.82, 2.24) is 14.9 Å². The molecule has 0 saturated carbocycles. The number of rotatable bonds is 8. The van der Waals surface area contributed by atoms with Crippen LogP contribution in [0.2, 0.25) is 0 Å². The summed E-state index contributed by atoms with van der Waals surface area (Å²) in [6, 6.07) is 79.8. The molecular weight excluding hydrogens is 803 g/mol. The van der Waals surface area contributed by atoms with E-state index < -0.39 is 6.17 Å². The van der Waals surface area contributed by atoms with E-state index in [2.05, 4.69) is 248 Å². The average Bonchev–Trinajstić information content (AvgIpc) is 3.89. The predicted molar refractivity (Wildman–Crippen MR) is 272 cm³/mol. The highest BCUT2D eigenvalue weighted by Crippen LogP contribution is 2.51. The number of amidine groups is 2. The van der Waals surface area contributed by atoms with Crippen LogP contribution in [0.15, 0.2) is 234 Å². The van der Waals surface area contributed by atoms with E-state index in [1.165, 1.54) is 22.3 Å². The molecule has 0 saturated heterocycles. The van der Waals surface area contributed by atoms with E-state index in [1.807, 2.05) is 0 Å². The molecule has 0 bridgehead atoms. The monoisotopic (exact) mass is 847 g/mol. The lowest BCUT2D eigenvalue weighted by Gasteiger charge is -2.24. The molecule has 1 aliphatic carbocycles. The molecule has 1 N–H and O–H groups in total. The van der Waals surface area contributed by atoms with Crippen molar-refractivity contribution in [3.63, 3.8) is 0 Å². The molecule has 0 atom stereocenters. The third-order valence-corrected chi connectivity index (χ3v) is 13.3. The van der Waals surface area contributed by atoms with Crippen LogP contribution in [0.4, 0.5) is 0 Å². The Kier molecular flexibility index (Phi) is 9.50. The number of nitrogens with zero attached hydrogens (tertiary/aromatic N) is 4. The fraction of sp³-hybridized carbons (Fsp3) is 0.0656. The third kappa shape index (κ3) is 6.93. The normalized spacial score (nSPS) is 14.0. The van der Waals surface area contributed by atoms with Gasteiger partial charge in [0.1, 0.15) is 17.5 Å². The maximum absolute atomic E-state index is 5.39. The highest BCUT2D eigenvalue weighted by Gasteiger charge is 2.36. The number of aliphatic imine (C=N–C) groups is 2. The smallest absolute Gasteiger partial charge is 0.169 e. The highest BCUT2D eigenvalue weighted by atomic mass is 15.2. The van der Waals surface area contributed by atoms with Crippen LogP contribution in [0.3, 0.4) is 0 Å². The number of aromatic nitrogens is 2. The summed E-state index contributed by atoms with van der Waals surface area (Å²) in [4.78, 5) is 16.0. The molecule has 0 unspecified atom stereocenters. The summed E-state index contributed by atoms with van der Waals surface area (Å²) in [7, 11) is 0. The molecule has 2 aliphatic rings. The van der Waals surface area contributed by atoms with Gasteiger partial charge >= 0.3 is 0 Å². The molecule has 0 radical (unpaired) electrons. The topological polar surface area (TPSA) is 54.6 Å². The summed E-state index contributed by atoms with van der Waals surface area (Å²) < 4.78 is 2.26. The maximum atomic E-state index is 5.39. The lowest BCUT2D eigenvalue weighted by molar-refractivity contribution is 0.659. The van der Waals surface area contributed by atoms with Gasteiger partial charge in [-0.1, -0.05) is 184 Å². The van der Waals surface area contributed by atoms with E-state index in [4.69, 9.17) is 15.0 Å². The molecule has 5 nitrogen and oxygen atoms in total. The summed E-state index contributed by atoms with van der Waals surface area (Å²) in [5, 5.41) is 3.68. The second kappa shape index (κ2) is 16.0. The molecule has 314 valence electrons. The molecule has 12 rings (SSSR count). The van der Waals surface area contributed by atoms with Crippen molar-refractivity contribution in [3.05, 3.63) is 252 Å². The number of fused-ring (bicyclic) bond motifs is 4. The number of hydrogen-bond acceptors (Lipinski definition) is 4. The van der Waals surface area contributed by atoms with E-state index >= 15 is 0 Å². The van der Waals surface area contributed by atoms with E-state index in [0.717, 1.165) is 89.9 Å². The van der Waals surface area contributed by atoms with Crippen LogP contribution in [0.1, 0.15) is 47.8 Å². The lowest BCUT2D eigenvalue weighted by Crippen LogP contribution is -2.36. The fourth-order valence-corrected chi connectivity index (χ4v) is 9.87. The van der Waals surface area contributed by atoms with Crippen LogP contribution >= 0.6 is 0 Å². The Morgan fingerprint density at radius 2 is 0.879 bits per heavy atom. The van der Waals surface area contributed by atoms with Crippen LogP contribution < -0.4 is 5.32 Å². The van der Waals surface area contributed by atoms with Crippen LogP contribution in [-0.4, -0.2) is 21.2 Å². The van der Waals surface area contributed by atoms with E-state index in [1.54, 1.807) is 0 Å². The van der Waals surface area contributed by atoms with Crippen molar-refractivity contribution >= 4 is 22.7 Å². The SMILES string of the molecule is CC1(C)c2ccc(-c3cccc(-c4nc5ccccc5n4-c4ccccc4)c3)cc2-c2cc(C3N=C(c4cccc(-c5ccccc5)c4)NC(c4cccc(-c5ccccc5)c4)=N3)ccc21. The van der Waals surface area contributed by atoms with Crippen molar-refractivity contribution in [3.8, 4) is 61.6 Å². The number of hydrogen-bond donors (Lipinski definition) is 1. The van der Waals surface area contributed by atoms with Crippen LogP contribution in [0.25, 0.3) is 72.6 Å². The van der Waals surface area contributed by atoms with Crippen molar-refractivity contribution in [2.75, 3.05) is 0 Å². The molecule has 1 aliphatic heterocycles. The van der Waals surface area contributed by atoms with Crippen molar-refractivity contribution < 1.29 is 0 Å². The number of para-hydroxylation sites is 3. The Labute approximate surface area is 385 Å². The van der Waals surface area contributed by atoms with Crippen molar-refractivity contribution in [1.29, 1.82) is 0 Å². The second-order valence-corrected chi connectivity index (χ2v) is 17.7. The van der Waals surface area contributed by atoms with Crippen LogP contribution in [0, 0.1) is 0 Å². The summed E-state index contributed by atoms with van der Waals surface area (Å²) in [5.41, 5.74) is 19.0. The molecule has 66 heavy (non-hydrogen) atoms. The number of benzene rings is 9. The zero-order valence-corrected chi connectivity index (χ0v) is 36.7. The second-order valence-electron chi connectivity index (χ2n) is 17.7. The molecule has 0 fully saturated rings. The number of nitrogens with one attached hydrogen (secondary N) is 1. The highest BCUT2D eigenvalue weighted by molar-refractivity contribution is 6.16. The summed E-state index contributed by atoms with van der Waals surface area (Å²) in [5.74, 6) is 2.50. The van der Waals surface area contributed by atoms with Crippen LogP contribution in [-0.2, 0) is 5.41 Å². The molecule has 2 heterocycles. The average molecular weight is 848 g/mol. The minimum absolute atomic E-state index is 0.184. The van der Waals surface area contributed by atoms with Crippen molar-refractivity contribution in [2.24, 2.45) is 9.98 Å². The van der Waals surface area contributed by atoms with E-state index in [9.17, 15) is 0 Å². The van der Waals surface area contributed by atoms with E-state index in [-0.39, 0.29) is 5.41 Å². The fourth-order valence-electron chi connectivity index (χ4n) is 9.87. The van der Waals surface area contributed by atoms with Gasteiger partial charge < -0.3 is 5.32 Å². The first kappa shape index (κ1) is 39.2. The van der Waals surface area contributed by atoms with Gasteiger partial charge in [-0.25, -0.2) is 15.0 Å². The summed E-state index contributed by atoms with van der Waals surface area (Å²) in [6.07, 6.45) is -0.474. The molecule has 0 spiro atoms. The van der Waals surface area contributed by atoms with Gasteiger partial charge in [-0.3, -0.25) is 4.57 Å². The first-order valence-electron chi connectivity index (χ1n) is 22.6. The molecule has 10 aromatic rings. The zero-order valence-electron chi connectivity index (χ0n) is 36.7. The molecule has 9 aromatic carbocycles. The van der Waals surface area contributed by atoms with Gasteiger partial charge in [0.2, 0.25) is 0 Å². The van der Waals surface area contributed by atoms with Crippen molar-refractivity contribution in [2.45, 2.75) is 25.4 Å². The predicted octanol–water partition coefficient (Wildman–Crippen LogP) is 14.5. The first-order chi connectivity index (χ1) is 32.4. The molecule has 5 heteroatoms. The maximum Gasteiger partial charge on any atom is 0.169 e. The third-order valence-electron chi connectivity index (χ3n) is 13.3. The Morgan fingerprint density at radius 1 is 0.409 bits per heavy atom. The first-order valence-corrected chi connectivity index (χ1v) is 22.6. The molecular formula is C61H45N5. The van der Waals surface area contributed by atoms with Gasteiger partial charge in [-0.15, -0.1) is 0 Å². The Morgan fingerprint density at radius 3 is 1.52 bits per heavy atom. The lowest BCUT2D eigenvalue weighted by atomic mass is 9.82. The van der Waals surface area contributed by atoms with Gasteiger partial charge in [-0.2, -0.15) is 0 Å². The number of imidazole rings is 1. The quantitative estimate of drug-likeness (QED) is 0.166. The van der Waals surface area contributed by atoms with Crippen LogP contribution in [0.5, 0.6) is 0 Å². The van der Waals surface area contributed by atoms with Gasteiger partial charge in [0.05, 0.1) is 11.0 Å². The van der Waals surface area contributed by atoms with Gasteiger partial charge in [-0.05, 0) is 116 Å². The van der Waals surface area contributed by atoms with E-state index in [0.29, 0.717) is 0 Å². The Hall–Kier alpha value is -8.41. The minimum Gasteiger partial charge on any atom is -0.324 e. The largest absolute Gasteiger partial charge is 0.324 e. The minimum atomic E-state index is -0.474. The van der Waals surface area contributed by atoms with Gasteiger partial charge in [0.15, 0.2) is 6.17 Å². The zero-order chi connectivity index (χ0) is 44.2. The summed E-state index contributed by atoms with van der Waals surface area (Å²) in [6.45, 7) is 4.67. The molecule has 1 aromatic heterocycles. The Bertz CT molecular complexity index is 3430. The summed E-state index contributed by atoms with van der Waals surface area (Å²) >= 11 is 0. The molecule has 0 amide bonds. The van der Waals surface area contributed by atoms with Gasteiger partial charge in [0, 0.05) is 27.8 Å². The Balaban J connectivity index is 0.951. The van der Waals surface area contributed by atoms with Gasteiger partial charge in [0.25, 0.3) is 0 Å².